The molecule has 0 aromatic heterocycles. The molecule has 2 nitrogen and oxygen atoms in total. The second-order valence-corrected chi connectivity index (χ2v) is 8.05. The second-order valence-electron chi connectivity index (χ2n) is 8.05. The second kappa shape index (κ2) is 11.1. The molecule has 2 unspecified atom stereocenters. The highest BCUT2D eigenvalue weighted by molar-refractivity contribution is 5.86. The Morgan fingerprint density at radius 2 is 1.52 bits per heavy atom. The molecule has 3 aromatic carbocycles. The molecule has 2 atom stereocenters. The van der Waals surface area contributed by atoms with Crippen LogP contribution in [0.4, 0.5) is 0 Å². The smallest absolute Gasteiger partial charge is 0.0369 e. The molecule has 0 aliphatic carbocycles. The first-order chi connectivity index (χ1) is 14.2. The van der Waals surface area contributed by atoms with Gasteiger partial charge in [-0.1, -0.05) is 86.6 Å². The predicted molar refractivity (Wildman–Crippen MR) is 126 cm³/mol. The fourth-order valence-electron chi connectivity index (χ4n) is 4.25. The molecular formula is C27H36N2. The zero-order valence-electron chi connectivity index (χ0n) is 18.3. The Hall–Kier alpha value is -2.16. The molecule has 0 radical (unpaired) electrons. The van der Waals surface area contributed by atoms with Gasteiger partial charge in [-0.15, -0.1) is 0 Å². The Labute approximate surface area is 176 Å². The minimum atomic E-state index is 0.312. The molecule has 0 saturated heterocycles. The van der Waals surface area contributed by atoms with E-state index in [9.17, 15) is 0 Å². The molecule has 1 N–H and O–H groups in total. The molecule has 0 saturated carbocycles. The van der Waals surface area contributed by atoms with E-state index in [-0.39, 0.29) is 0 Å². The van der Waals surface area contributed by atoms with E-state index in [4.69, 9.17) is 0 Å². The number of nitrogens with zero attached hydrogens (tertiary/aromatic N) is 1. The van der Waals surface area contributed by atoms with Crippen LogP contribution in [0.1, 0.15) is 50.8 Å². The molecule has 0 spiro atoms. The Morgan fingerprint density at radius 3 is 2.28 bits per heavy atom. The molecular weight excluding hydrogens is 352 g/mol. The lowest BCUT2D eigenvalue weighted by atomic mass is 9.93. The standard InChI is InChI=1S/C27H36N2/c1-4-29(5-2)20-12-13-22(3)28-27(21-23-14-7-6-8-15-23)26-19-11-17-24-16-9-10-18-25(24)26/h6-11,14-19,22,27-28H,4-5,12-13,20-21H2,1-3H3. The number of hydrogen-bond donors (Lipinski definition) is 1. The first-order valence-corrected chi connectivity index (χ1v) is 11.2. The van der Waals surface area contributed by atoms with Crippen LogP contribution in [0.5, 0.6) is 0 Å². The van der Waals surface area contributed by atoms with Crippen molar-refractivity contribution >= 4 is 10.8 Å². The summed E-state index contributed by atoms with van der Waals surface area (Å²) >= 11 is 0. The highest BCUT2D eigenvalue weighted by Gasteiger charge is 2.17. The van der Waals surface area contributed by atoms with Crippen molar-refractivity contribution in [3.8, 4) is 0 Å². The molecule has 0 amide bonds. The number of rotatable bonds is 11. The molecule has 0 bridgehead atoms. The van der Waals surface area contributed by atoms with Crippen LogP contribution < -0.4 is 5.32 Å². The fourth-order valence-corrected chi connectivity index (χ4v) is 4.25. The molecule has 3 aromatic rings. The third-order valence-corrected chi connectivity index (χ3v) is 5.97. The van der Waals surface area contributed by atoms with Gasteiger partial charge >= 0.3 is 0 Å². The van der Waals surface area contributed by atoms with Crippen LogP contribution in [-0.2, 0) is 6.42 Å². The Balaban J connectivity index is 1.76. The van der Waals surface area contributed by atoms with Gasteiger partial charge in [0.1, 0.15) is 0 Å². The lowest BCUT2D eigenvalue weighted by Crippen LogP contribution is -2.33. The number of hydrogen-bond acceptors (Lipinski definition) is 2. The lowest BCUT2D eigenvalue weighted by molar-refractivity contribution is 0.288. The highest BCUT2D eigenvalue weighted by atomic mass is 15.1. The third-order valence-electron chi connectivity index (χ3n) is 5.97. The summed E-state index contributed by atoms with van der Waals surface area (Å²) in [7, 11) is 0. The topological polar surface area (TPSA) is 15.3 Å². The zero-order chi connectivity index (χ0) is 20.5. The summed E-state index contributed by atoms with van der Waals surface area (Å²) in [6, 6.07) is 27.1. The van der Waals surface area contributed by atoms with Crippen LogP contribution in [0.3, 0.4) is 0 Å². The maximum atomic E-state index is 3.97. The maximum Gasteiger partial charge on any atom is 0.0369 e. The van der Waals surface area contributed by atoms with Crippen molar-refractivity contribution in [2.24, 2.45) is 0 Å². The molecule has 0 fully saturated rings. The molecule has 0 heterocycles. The Kier molecular flexibility index (Phi) is 8.27. The fraction of sp³-hybridized carbons (Fsp3) is 0.407. The van der Waals surface area contributed by atoms with Crippen LogP contribution in [0, 0.1) is 0 Å². The van der Waals surface area contributed by atoms with Crippen LogP contribution in [0.25, 0.3) is 10.8 Å². The Bertz CT molecular complexity index is 849. The van der Waals surface area contributed by atoms with E-state index in [0.29, 0.717) is 12.1 Å². The van der Waals surface area contributed by atoms with E-state index < -0.39 is 0 Å². The summed E-state index contributed by atoms with van der Waals surface area (Å²) in [6.45, 7) is 10.3. The van der Waals surface area contributed by atoms with Gasteiger partial charge in [0.15, 0.2) is 0 Å². The van der Waals surface area contributed by atoms with Crippen molar-refractivity contribution in [3.05, 3.63) is 83.9 Å². The van der Waals surface area contributed by atoms with Gasteiger partial charge in [0.25, 0.3) is 0 Å². The van der Waals surface area contributed by atoms with Crippen molar-refractivity contribution in [2.75, 3.05) is 19.6 Å². The van der Waals surface area contributed by atoms with Crippen molar-refractivity contribution < 1.29 is 0 Å². The first kappa shape index (κ1) is 21.5. The van der Waals surface area contributed by atoms with Crippen molar-refractivity contribution in [1.82, 2.24) is 10.2 Å². The quantitative estimate of drug-likeness (QED) is 0.419. The maximum absolute atomic E-state index is 3.97. The minimum Gasteiger partial charge on any atom is -0.307 e. The number of fused-ring (bicyclic) bond motifs is 1. The summed E-state index contributed by atoms with van der Waals surface area (Å²) in [5.41, 5.74) is 2.79. The van der Waals surface area contributed by atoms with Crippen molar-refractivity contribution in [2.45, 2.75) is 52.1 Å². The highest BCUT2D eigenvalue weighted by Crippen LogP contribution is 2.27. The first-order valence-electron chi connectivity index (χ1n) is 11.2. The summed E-state index contributed by atoms with van der Waals surface area (Å²) in [5.74, 6) is 0. The van der Waals surface area contributed by atoms with Gasteiger partial charge in [-0.3, -0.25) is 0 Å². The summed E-state index contributed by atoms with van der Waals surface area (Å²) in [6.07, 6.45) is 3.45. The normalized spacial score (nSPS) is 13.7. The largest absolute Gasteiger partial charge is 0.307 e. The minimum absolute atomic E-state index is 0.312. The molecule has 3 rings (SSSR count). The van der Waals surface area contributed by atoms with Gasteiger partial charge in [-0.05, 0) is 67.7 Å². The van der Waals surface area contributed by atoms with Crippen LogP contribution in [0.15, 0.2) is 72.8 Å². The summed E-state index contributed by atoms with van der Waals surface area (Å²) in [4.78, 5) is 2.51. The van der Waals surface area contributed by atoms with E-state index in [1.807, 2.05) is 0 Å². The lowest BCUT2D eigenvalue weighted by Gasteiger charge is -2.26. The van der Waals surface area contributed by atoms with E-state index >= 15 is 0 Å². The van der Waals surface area contributed by atoms with Gasteiger partial charge in [0, 0.05) is 12.1 Å². The van der Waals surface area contributed by atoms with Gasteiger partial charge in [0.05, 0.1) is 0 Å². The van der Waals surface area contributed by atoms with Crippen LogP contribution in [0.2, 0.25) is 0 Å². The van der Waals surface area contributed by atoms with E-state index in [1.165, 1.54) is 41.3 Å². The van der Waals surface area contributed by atoms with Gasteiger partial charge in [-0.25, -0.2) is 0 Å². The van der Waals surface area contributed by atoms with Crippen LogP contribution >= 0.6 is 0 Å². The van der Waals surface area contributed by atoms with E-state index in [1.54, 1.807) is 0 Å². The van der Waals surface area contributed by atoms with Gasteiger partial charge < -0.3 is 10.2 Å². The molecule has 0 aliphatic rings. The Morgan fingerprint density at radius 1 is 0.828 bits per heavy atom. The van der Waals surface area contributed by atoms with Gasteiger partial charge in [-0.2, -0.15) is 0 Å². The molecule has 154 valence electrons. The predicted octanol–water partition coefficient (Wildman–Crippen LogP) is 6.22. The van der Waals surface area contributed by atoms with E-state index in [0.717, 1.165) is 19.5 Å². The van der Waals surface area contributed by atoms with Gasteiger partial charge in [0.2, 0.25) is 0 Å². The average molecular weight is 389 g/mol. The molecule has 2 heteroatoms. The summed E-state index contributed by atoms with van der Waals surface area (Å²) < 4.78 is 0. The zero-order valence-corrected chi connectivity index (χ0v) is 18.3. The number of benzene rings is 3. The van der Waals surface area contributed by atoms with Crippen LogP contribution in [-0.4, -0.2) is 30.6 Å². The monoisotopic (exact) mass is 388 g/mol. The van der Waals surface area contributed by atoms with Crippen molar-refractivity contribution in [1.29, 1.82) is 0 Å². The van der Waals surface area contributed by atoms with Crippen molar-refractivity contribution in [3.63, 3.8) is 0 Å². The molecule has 29 heavy (non-hydrogen) atoms. The van der Waals surface area contributed by atoms with E-state index in [2.05, 4.69) is 104 Å². The molecule has 0 aliphatic heterocycles. The third kappa shape index (κ3) is 6.16. The summed E-state index contributed by atoms with van der Waals surface area (Å²) in [5, 5.41) is 6.64. The SMILES string of the molecule is CCN(CC)CCCC(C)NC(Cc1ccccc1)c1cccc2ccccc12. The average Bonchev–Trinajstić information content (AvgIpc) is 2.76. The number of nitrogens with one attached hydrogen (secondary N) is 1.